The first-order valence-electron chi connectivity index (χ1n) is 7.54. The van der Waals surface area contributed by atoms with E-state index in [1.807, 2.05) is 0 Å². The predicted molar refractivity (Wildman–Crippen MR) is 85.5 cm³/mol. The minimum Gasteiger partial charge on any atom is -0.358 e. The van der Waals surface area contributed by atoms with Gasteiger partial charge in [0, 0.05) is 33.1 Å². The SMILES string of the molecule is CNC(=O)C1CN(C(=O)CCS(=O)(=O)c2ccc(F)cc2)CCN1. The first-order valence-corrected chi connectivity index (χ1v) is 9.20. The van der Waals surface area contributed by atoms with E-state index in [0.29, 0.717) is 13.1 Å². The minimum atomic E-state index is -3.65. The number of amides is 2. The van der Waals surface area contributed by atoms with Gasteiger partial charge in [-0.25, -0.2) is 12.8 Å². The second-order valence-corrected chi connectivity index (χ2v) is 7.59. The highest BCUT2D eigenvalue weighted by Gasteiger charge is 2.28. The lowest BCUT2D eigenvalue weighted by molar-refractivity contribution is -0.133. The molecule has 2 amide bonds. The van der Waals surface area contributed by atoms with Crippen LogP contribution in [0.25, 0.3) is 0 Å². The smallest absolute Gasteiger partial charge is 0.238 e. The Balaban J connectivity index is 1.94. The molecular formula is C15H20FN3O4S. The van der Waals surface area contributed by atoms with Crippen molar-refractivity contribution in [3.05, 3.63) is 30.1 Å². The van der Waals surface area contributed by atoms with Gasteiger partial charge in [0.1, 0.15) is 11.9 Å². The van der Waals surface area contributed by atoms with Crippen LogP contribution in [0.2, 0.25) is 0 Å². The number of nitrogens with one attached hydrogen (secondary N) is 2. The molecule has 0 bridgehead atoms. The van der Waals surface area contributed by atoms with Gasteiger partial charge >= 0.3 is 0 Å². The number of halogens is 1. The van der Waals surface area contributed by atoms with E-state index >= 15 is 0 Å². The van der Waals surface area contributed by atoms with E-state index in [0.717, 1.165) is 12.1 Å². The number of carbonyl (C=O) groups is 2. The van der Waals surface area contributed by atoms with Gasteiger partial charge < -0.3 is 15.5 Å². The third-order valence-electron chi connectivity index (χ3n) is 3.85. The zero-order valence-electron chi connectivity index (χ0n) is 13.3. The normalized spacial score (nSPS) is 18.2. The van der Waals surface area contributed by atoms with E-state index < -0.39 is 21.7 Å². The highest BCUT2D eigenvalue weighted by molar-refractivity contribution is 7.91. The lowest BCUT2D eigenvalue weighted by Gasteiger charge is -2.32. The van der Waals surface area contributed by atoms with Crippen LogP contribution in [0.3, 0.4) is 0 Å². The number of nitrogens with zero attached hydrogens (tertiary/aromatic N) is 1. The van der Waals surface area contributed by atoms with Gasteiger partial charge in [-0.1, -0.05) is 0 Å². The van der Waals surface area contributed by atoms with E-state index in [-0.39, 0.29) is 35.4 Å². The van der Waals surface area contributed by atoms with E-state index in [9.17, 15) is 22.4 Å². The van der Waals surface area contributed by atoms with Crippen molar-refractivity contribution < 1.29 is 22.4 Å². The molecule has 0 spiro atoms. The maximum absolute atomic E-state index is 12.9. The number of piperazine rings is 1. The molecule has 9 heteroatoms. The molecule has 2 N–H and O–H groups in total. The van der Waals surface area contributed by atoms with Crippen LogP contribution in [0.15, 0.2) is 29.2 Å². The molecule has 1 saturated heterocycles. The lowest BCUT2D eigenvalue weighted by atomic mass is 10.2. The van der Waals surface area contributed by atoms with Crippen molar-refractivity contribution in [2.24, 2.45) is 0 Å². The average molecular weight is 357 g/mol. The molecule has 1 aromatic rings. The summed E-state index contributed by atoms with van der Waals surface area (Å²) < 4.78 is 37.2. The van der Waals surface area contributed by atoms with Crippen LogP contribution in [-0.4, -0.2) is 63.6 Å². The van der Waals surface area contributed by atoms with Gasteiger partial charge in [0.15, 0.2) is 9.84 Å². The molecular weight excluding hydrogens is 337 g/mol. The van der Waals surface area contributed by atoms with Crippen LogP contribution >= 0.6 is 0 Å². The number of sulfone groups is 1. The van der Waals surface area contributed by atoms with E-state index in [2.05, 4.69) is 10.6 Å². The van der Waals surface area contributed by atoms with Crippen molar-refractivity contribution >= 4 is 21.7 Å². The van der Waals surface area contributed by atoms with Crippen molar-refractivity contribution in [2.45, 2.75) is 17.4 Å². The second kappa shape index (κ2) is 7.71. The number of rotatable bonds is 5. The Labute approximate surface area is 140 Å². The number of hydrogen-bond acceptors (Lipinski definition) is 5. The monoisotopic (exact) mass is 357 g/mol. The molecule has 132 valence electrons. The third-order valence-corrected chi connectivity index (χ3v) is 5.58. The Morgan fingerprint density at radius 2 is 2.00 bits per heavy atom. The van der Waals surface area contributed by atoms with Crippen molar-refractivity contribution in [1.82, 2.24) is 15.5 Å². The highest BCUT2D eigenvalue weighted by Crippen LogP contribution is 2.14. The number of likely N-dealkylation sites (N-methyl/N-ethyl adjacent to an activating group) is 1. The molecule has 0 aliphatic carbocycles. The predicted octanol–water partition coefficient (Wildman–Crippen LogP) is -0.464. The van der Waals surface area contributed by atoms with E-state index in [4.69, 9.17) is 0 Å². The Morgan fingerprint density at radius 3 is 2.62 bits per heavy atom. The molecule has 1 unspecified atom stereocenters. The number of carbonyl (C=O) groups excluding carboxylic acids is 2. The summed E-state index contributed by atoms with van der Waals surface area (Å²) in [7, 11) is -2.14. The molecule has 1 aromatic carbocycles. The van der Waals surface area contributed by atoms with Gasteiger partial charge in [0.05, 0.1) is 10.6 Å². The maximum Gasteiger partial charge on any atom is 0.238 e. The molecule has 1 aliphatic rings. The van der Waals surface area contributed by atoms with Crippen molar-refractivity contribution in [3.8, 4) is 0 Å². The van der Waals surface area contributed by atoms with Crippen LogP contribution in [-0.2, 0) is 19.4 Å². The van der Waals surface area contributed by atoms with Crippen LogP contribution < -0.4 is 10.6 Å². The molecule has 24 heavy (non-hydrogen) atoms. The third kappa shape index (κ3) is 4.51. The summed E-state index contributed by atoms with van der Waals surface area (Å²) in [6.45, 7) is 1.09. The summed E-state index contributed by atoms with van der Waals surface area (Å²) in [5, 5.41) is 5.51. The van der Waals surface area contributed by atoms with Crippen LogP contribution in [0.5, 0.6) is 0 Å². The Morgan fingerprint density at radius 1 is 1.33 bits per heavy atom. The maximum atomic E-state index is 12.9. The minimum absolute atomic E-state index is 0.0137. The number of hydrogen-bond donors (Lipinski definition) is 2. The molecule has 1 fully saturated rings. The Kier molecular flexibility index (Phi) is 5.89. The van der Waals surface area contributed by atoms with Gasteiger partial charge in [0.2, 0.25) is 11.8 Å². The van der Waals surface area contributed by atoms with Crippen LogP contribution in [0.4, 0.5) is 4.39 Å². The summed E-state index contributed by atoms with van der Waals surface area (Å²) in [5.41, 5.74) is 0. The van der Waals surface area contributed by atoms with E-state index in [1.165, 1.54) is 24.1 Å². The van der Waals surface area contributed by atoms with Crippen molar-refractivity contribution in [1.29, 1.82) is 0 Å². The molecule has 2 rings (SSSR count). The summed E-state index contributed by atoms with van der Waals surface area (Å²) in [5.74, 6) is -1.42. The highest BCUT2D eigenvalue weighted by atomic mass is 32.2. The largest absolute Gasteiger partial charge is 0.358 e. The standard InChI is InChI=1S/C15H20FN3O4S/c1-17-15(21)13-10-19(8-7-18-13)14(20)6-9-24(22,23)12-4-2-11(16)3-5-12/h2-5,13,18H,6-10H2,1H3,(H,17,21). The molecule has 0 aromatic heterocycles. The summed E-state index contributed by atoms with van der Waals surface area (Å²) in [6.07, 6.45) is -0.180. The summed E-state index contributed by atoms with van der Waals surface area (Å²) >= 11 is 0. The van der Waals surface area contributed by atoms with Crippen molar-refractivity contribution in [3.63, 3.8) is 0 Å². The quantitative estimate of drug-likeness (QED) is 0.695. The molecule has 1 heterocycles. The molecule has 1 atom stereocenters. The second-order valence-electron chi connectivity index (χ2n) is 5.48. The zero-order chi connectivity index (χ0) is 17.7. The summed E-state index contributed by atoms with van der Waals surface area (Å²) in [6, 6.07) is 4.00. The molecule has 0 saturated carbocycles. The zero-order valence-corrected chi connectivity index (χ0v) is 14.1. The average Bonchev–Trinajstić information content (AvgIpc) is 2.59. The fourth-order valence-electron chi connectivity index (χ4n) is 2.47. The first-order chi connectivity index (χ1) is 11.3. The van der Waals surface area contributed by atoms with Gasteiger partial charge in [0.25, 0.3) is 0 Å². The fraction of sp³-hybridized carbons (Fsp3) is 0.467. The topological polar surface area (TPSA) is 95.6 Å². The van der Waals surface area contributed by atoms with Gasteiger partial charge in [-0.05, 0) is 24.3 Å². The lowest BCUT2D eigenvalue weighted by Crippen LogP contribution is -2.58. The molecule has 0 radical (unpaired) electrons. The fourth-order valence-corrected chi connectivity index (χ4v) is 3.70. The Bertz CT molecular complexity index is 706. The van der Waals surface area contributed by atoms with Gasteiger partial charge in [-0.3, -0.25) is 9.59 Å². The Hall–Kier alpha value is -2.00. The van der Waals surface area contributed by atoms with Crippen LogP contribution in [0.1, 0.15) is 6.42 Å². The van der Waals surface area contributed by atoms with E-state index in [1.54, 1.807) is 0 Å². The molecule has 1 aliphatic heterocycles. The molecule has 7 nitrogen and oxygen atoms in total. The summed E-state index contributed by atoms with van der Waals surface area (Å²) in [4.78, 5) is 25.3. The first kappa shape index (κ1) is 18.3. The number of benzene rings is 1. The van der Waals surface area contributed by atoms with Gasteiger partial charge in [-0.15, -0.1) is 0 Å². The van der Waals surface area contributed by atoms with Crippen molar-refractivity contribution in [2.75, 3.05) is 32.4 Å². The van der Waals surface area contributed by atoms with Crippen LogP contribution in [0, 0.1) is 5.82 Å². The van der Waals surface area contributed by atoms with Gasteiger partial charge in [-0.2, -0.15) is 0 Å².